The predicted molar refractivity (Wildman–Crippen MR) is 84.1 cm³/mol. The zero-order valence-corrected chi connectivity index (χ0v) is 13.4. The van der Waals surface area contributed by atoms with E-state index < -0.39 is 35.5 Å². The molecule has 2 unspecified atom stereocenters. The van der Waals surface area contributed by atoms with Gasteiger partial charge in [0.25, 0.3) is 0 Å². The first kappa shape index (κ1) is 21.4. The molecular weight excluding hydrogens is 318 g/mol. The molecule has 1 aliphatic rings. The first-order valence-electron chi connectivity index (χ1n) is 7.50. The van der Waals surface area contributed by atoms with Crippen LogP contribution in [-0.2, 0) is 24.0 Å². The van der Waals surface area contributed by atoms with Crippen molar-refractivity contribution in [3.05, 3.63) is 0 Å². The first-order chi connectivity index (χ1) is 11.1. The Bertz CT molecular complexity index is 470. The Hall–Kier alpha value is -2.65. The minimum Gasteiger partial charge on any atom is -0.370 e. The van der Waals surface area contributed by atoms with E-state index in [0.29, 0.717) is 12.8 Å². The van der Waals surface area contributed by atoms with Crippen molar-refractivity contribution in [3.8, 4) is 0 Å². The second kappa shape index (κ2) is 10.2. The molecule has 0 spiro atoms. The van der Waals surface area contributed by atoms with E-state index in [1.165, 1.54) is 0 Å². The highest BCUT2D eigenvalue weighted by molar-refractivity contribution is 5.88. The highest BCUT2D eigenvalue weighted by Gasteiger charge is 2.32. The van der Waals surface area contributed by atoms with Crippen LogP contribution in [0.15, 0.2) is 0 Å². The van der Waals surface area contributed by atoms with Crippen molar-refractivity contribution in [3.63, 3.8) is 0 Å². The summed E-state index contributed by atoms with van der Waals surface area (Å²) in [5.74, 6) is -4.41. The van der Waals surface area contributed by atoms with Crippen molar-refractivity contribution in [2.45, 2.75) is 38.5 Å². The third kappa shape index (κ3) is 8.11. The maximum Gasteiger partial charge on any atom is 0.221 e. The van der Waals surface area contributed by atoms with Gasteiger partial charge in [-0.1, -0.05) is 12.8 Å². The largest absolute Gasteiger partial charge is 0.370 e. The van der Waals surface area contributed by atoms with Crippen molar-refractivity contribution in [1.29, 1.82) is 0 Å². The molecule has 1 aliphatic carbocycles. The summed E-state index contributed by atoms with van der Waals surface area (Å²) in [6.45, 7) is 0. The molecule has 0 bridgehead atoms. The van der Waals surface area contributed by atoms with E-state index in [9.17, 15) is 24.0 Å². The van der Waals surface area contributed by atoms with E-state index in [-0.39, 0.29) is 24.7 Å². The summed E-state index contributed by atoms with van der Waals surface area (Å²) in [6.07, 6.45) is 2.89. The van der Waals surface area contributed by atoms with E-state index in [4.69, 9.17) is 28.7 Å². The number of carbonyl (C=O) groups excluding carboxylic acids is 5. The average Bonchev–Trinajstić information content (AvgIpc) is 2.46. The van der Waals surface area contributed by atoms with Gasteiger partial charge in [0.05, 0.1) is 5.92 Å². The van der Waals surface area contributed by atoms with Gasteiger partial charge in [0.15, 0.2) is 0 Å². The van der Waals surface area contributed by atoms with Crippen LogP contribution < -0.4 is 28.7 Å². The Kier molecular flexibility index (Phi) is 9.06. The highest BCUT2D eigenvalue weighted by Crippen LogP contribution is 2.29. The van der Waals surface area contributed by atoms with Gasteiger partial charge in [0, 0.05) is 24.7 Å². The zero-order valence-electron chi connectivity index (χ0n) is 13.4. The van der Waals surface area contributed by atoms with E-state index >= 15 is 0 Å². The van der Waals surface area contributed by atoms with Crippen LogP contribution in [0.5, 0.6) is 0 Å². The molecule has 10 heteroatoms. The highest BCUT2D eigenvalue weighted by atomic mass is 16.2. The van der Waals surface area contributed by atoms with Crippen molar-refractivity contribution in [1.82, 2.24) is 0 Å². The number of carbonyl (C=O) groups is 5. The number of rotatable bonds is 7. The fraction of sp³-hybridized carbons (Fsp3) is 0.643. The molecule has 10 N–H and O–H groups in total. The van der Waals surface area contributed by atoms with Gasteiger partial charge in [-0.2, -0.15) is 0 Å². The van der Waals surface area contributed by atoms with Crippen LogP contribution in [0.1, 0.15) is 38.5 Å². The fourth-order valence-electron chi connectivity index (χ4n) is 2.57. The maximum absolute atomic E-state index is 10.9. The zero-order chi connectivity index (χ0) is 18.9. The Labute approximate surface area is 139 Å². The molecule has 0 aromatic heterocycles. The Morgan fingerprint density at radius 1 is 0.708 bits per heavy atom. The third-order valence-electron chi connectivity index (χ3n) is 3.79. The topological polar surface area (TPSA) is 215 Å². The predicted octanol–water partition coefficient (Wildman–Crippen LogP) is -2.40. The summed E-state index contributed by atoms with van der Waals surface area (Å²) in [4.78, 5) is 53.1. The number of hydrogen-bond acceptors (Lipinski definition) is 5. The Morgan fingerprint density at radius 3 is 1.25 bits per heavy atom. The quantitative estimate of drug-likeness (QED) is 0.340. The third-order valence-corrected chi connectivity index (χ3v) is 3.79. The molecule has 0 radical (unpaired) electrons. The van der Waals surface area contributed by atoms with Crippen LogP contribution in [-0.4, -0.2) is 29.5 Å². The van der Waals surface area contributed by atoms with Crippen LogP contribution in [0.2, 0.25) is 0 Å². The standard InChI is InChI=1S/C8H14N2O2.C6H11N3O3/c9-7(11)5-3-1-2-4-6(5)8(10)12;7-4(10)1-3(6(9)12)2-5(8)11/h5-6H,1-4H2,(H2,9,11)(H2,10,12);3H,1-2H2,(H2,7,10)(H2,8,11)(H2,9,12). The lowest BCUT2D eigenvalue weighted by molar-refractivity contribution is -0.133. The smallest absolute Gasteiger partial charge is 0.221 e. The molecule has 0 saturated heterocycles. The van der Waals surface area contributed by atoms with Crippen molar-refractivity contribution in [2.24, 2.45) is 46.4 Å². The molecule has 1 rings (SSSR count). The van der Waals surface area contributed by atoms with Crippen LogP contribution in [0.4, 0.5) is 0 Å². The first-order valence-corrected chi connectivity index (χ1v) is 7.50. The second-order valence-electron chi connectivity index (χ2n) is 5.74. The summed E-state index contributed by atoms with van der Waals surface area (Å²) < 4.78 is 0. The monoisotopic (exact) mass is 343 g/mol. The minimum atomic E-state index is -0.875. The van der Waals surface area contributed by atoms with Crippen molar-refractivity contribution < 1.29 is 24.0 Å². The number of hydrogen-bond donors (Lipinski definition) is 5. The number of primary amides is 5. The van der Waals surface area contributed by atoms with E-state index in [1.54, 1.807) is 0 Å². The van der Waals surface area contributed by atoms with Gasteiger partial charge in [-0.3, -0.25) is 24.0 Å². The fourth-order valence-corrected chi connectivity index (χ4v) is 2.57. The summed E-state index contributed by atoms with van der Waals surface area (Å²) >= 11 is 0. The minimum absolute atomic E-state index is 0.238. The van der Waals surface area contributed by atoms with Crippen LogP contribution in [0, 0.1) is 17.8 Å². The van der Waals surface area contributed by atoms with E-state index in [1.807, 2.05) is 0 Å². The lowest BCUT2D eigenvalue weighted by Gasteiger charge is -2.26. The van der Waals surface area contributed by atoms with Gasteiger partial charge in [0.2, 0.25) is 29.5 Å². The molecule has 0 aromatic rings. The maximum atomic E-state index is 10.9. The molecule has 2 atom stereocenters. The van der Waals surface area contributed by atoms with Gasteiger partial charge in [-0.05, 0) is 12.8 Å². The lowest BCUT2D eigenvalue weighted by Crippen LogP contribution is -2.39. The molecular formula is C14H25N5O5. The second-order valence-corrected chi connectivity index (χ2v) is 5.74. The van der Waals surface area contributed by atoms with Gasteiger partial charge >= 0.3 is 0 Å². The van der Waals surface area contributed by atoms with Gasteiger partial charge in [-0.15, -0.1) is 0 Å². The summed E-state index contributed by atoms with van der Waals surface area (Å²) in [6, 6.07) is 0. The lowest BCUT2D eigenvalue weighted by atomic mass is 9.78. The summed E-state index contributed by atoms with van der Waals surface area (Å²) in [5.41, 5.74) is 24.8. The molecule has 0 heterocycles. The van der Waals surface area contributed by atoms with Gasteiger partial charge in [-0.25, -0.2) is 0 Å². The summed E-state index contributed by atoms with van der Waals surface area (Å²) in [7, 11) is 0. The van der Waals surface area contributed by atoms with Crippen LogP contribution in [0.3, 0.4) is 0 Å². The number of amides is 5. The molecule has 1 fully saturated rings. The molecule has 136 valence electrons. The normalized spacial score (nSPS) is 19.7. The van der Waals surface area contributed by atoms with E-state index in [2.05, 4.69) is 0 Å². The molecule has 0 aromatic carbocycles. The molecule has 0 aliphatic heterocycles. The van der Waals surface area contributed by atoms with Crippen LogP contribution in [0.25, 0.3) is 0 Å². The molecule has 1 saturated carbocycles. The molecule has 24 heavy (non-hydrogen) atoms. The summed E-state index contributed by atoms with van der Waals surface area (Å²) in [5, 5.41) is 0. The van der Waals surface area contributed by atoms with Crippen molar-refractivity contribution in [2.75, 3.05) is 0 Å². The molecule has 10 nitrogen and oxygen atoms in total. The SMILES string of the molecule is NC(=O)C1CCCCC1C(N)=O.NC(=O)CC(CC(N)=O)C(N)=O. The number of nitrogens with two attached hydrogens (primary N) is 5. The van der Waals surface area contributed by atoms with Gasteiger partial charge in [0.1, 0.15) is 0 Å². The Balaban J connectivity index is 0.000000441. The average molecular weight is 343 g/mol. The van der Waals surface area contributed by atoms with Gasteiger partial charge < -0.3 is 28.7 Å². The Morgan fingerprint density at radius 2 is 1.04 bits per heavy atom. The molecule has 5 amide bonds. The van der Waals surface area contributed by atoms with Crippen LogP contribution >= 0.6 is 0 Å². The van der Waals surface area contributed by atoms with Crippen molar-refractivity contribution >= 4 is 29.5 Å². The van der Waals surface area contributed by atoms with E-state index in [0.717, 1.165) is 12.8 Å².